The Morgan fingerprint density at radius 3 is 2.38 bits per heavy atom. The zero-order valence-corrected chi connectivity index (χ0v) is 12.8. The average Bonchev–Trinajstić information content (AvgIpc) is 2.37. The molecule has 1 aromatic rings. The number of aliphatic carboxylic acids is 1. The second-order valence-corrected chi connectivity index (χ2v) is 5.75. The molecule has 6 nitrogen and oxygen atoms in total. The standard InChI is InChI=1S/C15H22N2O4/c1-9(2)12-6-5-11(7-13(12)17(20)21)8-16-14(10(3)4)15(18)19/h5-7,9-10,14,16H,8H2,1-4H3,(H,18,19)/t14-/m0/s1. The fourth-order valence-electron chi connectivity index (χ4n) is 2.18. The van der Waals surface area contributed by atoms with Crippen molar-refractivity contribution in [1.29, 1.82) is 0 Å². The summed E-state index contributed by atoms with van der Waals surface area (Å²) in [6.45, 7) is 7.72. The molecule has 21 heavy (non-hydrogen) atoms. The maximum atomic E-state index is 11.1. The summed E-state index contributed by atoms with van der Waals surface area (Å²) in [7, 11) is 0. The molecule has 0 amide bonds. The first-order chi connectivity index (χ1) is 9.73. The van der Waals surface area contributed by atoms with Crippen molar-refractivity contribution < 1.29 is 14.8 Å². The van der Waals surface area contributed by atoms with Crippen molar-refractivity contribution in [3.8, 4) is 0 Å². The van der Waals surface area contributed by atoms with E-state index in [2.05, 4.69) is 5.32 Å². The zero-order valence-electron chi connectivity index (χ0n) is 12.8. The maximum absolute atomic E-state index is 11.1. The summed E-state index contributed by atoms with van der Waals surface area (Å²) in [4.78, 5) is 21.8. The number of hydrogen-bond donors (Lipinski definition) is 2. The molecule has 0 saturated carbocycles. The molecule has 0 radical (unpaired) electrons. The molecule has 0 unspecified atom stereocenters. The molecule has 0 spiro atoms. The van der Waals surface area contributed by atoms with Gasteiger partial charge in [0.2, 0.25) is 0 Å². The highest BCUT2D eigenvalue weighted by Crippen LogP contribution is 2.27. The van der Waals surface area contributed by atoms with Crippen LogP contribution in [-0.4, -0.2) is 22.0 Å². The van der Waals surface area contributed by atoms with Crippen LogP contribution in [0, 0.1) is 16.0 Å². The fourth-order valence-corrected chi connectivity index (χ4v) is 2.18. The van der Waals surface area contributed by atoms with Gasteiger partial charge >= 0.3 is 5.97 Å². The van der Waals surface area contributed by atoms with Crippen LogP contribution in [-0.2, 0) is 11.3 Å². The van der Waals surface area contributed by atoms with E-state index in [1.807, 2.05) is 27.7 Å². The van der Waals surface area contributed by atoms with Crippen molar-refractivity contribution in [3.05, 3.63) is 39.4 Å². The summed E-state index contributed by atoms with van der Waals surface area (Å²) in [6, 6.07) is 4.38. The number of carboxylic acid groups (broad SMARTS) is 1. The van der Waals surface area contributed by atoms with Gasteiger partial charge in [-0.2, -0.15) is 0 Å². The van der Waals surface area contributed by atoms with E-state index in [9.17, 15) is 14.9 Å². The van der Waals surface area contributed by atoms with E-state index < -0.39 is 16.9 Å². The van der Waals surface area contributed by atoms with Gasteiger partial charge in [-0.05, 0) is 17.4 Å². The first kappa shape index (κ1) is 17.1. The summed E-state index contributed by atoms with van der Waals surface area (Å²) in [5.41, 5.74) is 1.47. The van der Waals surface area contributed by atoms with Crippen molar-refractivity contribution in [2.45, 2.75) is 46.2 Å². The highest BCUT2D eigenvalue weighted by molar-refractivity contribution is 5.73. The van der Waals surface area contributed by atoms with E-state index >= 15 is 0 Å². The normalized spacial score (nSPS) is 12.7. The lowest BCUT2D eigenvalue weighted by Crippen LogP contribution is -2.40. The molecule has 0 aliphatic heterocycles. The van der Waals surface area contributed by atoms with Gasteiger partial charge in [0.05, 0.1) is 4.92 Å². The number of benzene rings is 1. The van der Waals surface area contributed by atoms with Crippen LogP contribution in [0.15, 0.2) is 18.2 Å². The zero-order chi connectivity index (χ0) is 16.2. The summed E-state index contributed by atoms with van der Waals surface area (Å²) < 4.78 is 0. The Hall–Kier alpha value is -1.95. The molecule has 2 N–H and O–H groups in total. The Labute approximate surface area is 124 Å². The molecule has 0 aliphatic carbocycles. The minimum atomic E-state index is -0.918. The SMILES string of the molecule is CC(C)c1ccc(CN[C@H](C(=O)O)C(C)C)cc1[N+](=O)[O-]. The Balaban J connectivity index is 2.93. The first-order valence-electron chi connectivity index (χ1n) is 6.97. The average molecular weight is 294 g/mol. The lowest BCUT2D eigenvalue weighted by atomic mass is 9.99. The van der Waals surface area contributed by atoms with Crippen LogP contribution < -0.4 is 5.32 Å². The Bertz CT molecular complexity index is 526. The third kappa shape index (κ3) is 4.53. The third-order valence-corrected chi connectivity index (χ3v) is 3.37. The van der Waals surface area contributed by atoms with Crippen LogP contribution in [0.3, 0.4) is 0 Å². The highest BCUT2D eigenvalue weighted by Gasteiger charge is 2.21. The largest absolute Gasteiger partial charge is 0.480 e. The van der Waals surface area contributed by atoms with Crippen molar-refractivity contribution >= 4 is 11.7 Å². The minimum absolute atomic E-state index is 0.0626. The Morgan fingerprint density at radius 1 is 1.33 bits per heavy atom. The number of rotatable bonds is 7. The van der Waals surface area contributed by atoms with Crippen LogP contribution in [0.25, 0.3) is 0 Å². The quantitative estimate of drug-likeness (QED) is 0.596. The lowest BCUT2D eigenvalue weighted by molar-refractivity contribution is -0.385. The molecule has 116 valence electrons. The number of hydrogen-bond acceptors (Lipinski definition) is 4. The molecule has 6 heteroatoms. The Kier molecular flexibility index (Phi) is 5.84. The molecule has 1 aromatic carbocycles. The van der Waals surface area contributed by atoms with Crippen LogP contribution >= 0.6 is 0 Å². The topological polar surface area (TPSA) is 92.5 Å². The summed E-state index contributed by atoms with van der Waals surface area (Å²) in [5.74, 6) is -0.916. The van der Waals surface area contributed by atoms with E-state index in [1.165, 1.54) is 6.07 Å². The van der Waals surface area contributed by atoms with E-state index in [1.54, 1.807) is 12.1 Å². The van der Waals surface area contributed by atoms with Crippen molar-refractivity contribution in [2.75, 3.05) is 0 Å². The number of nitro benzene ring substituents is 1. The smallest absolute Gasteiger partial charge is 0.320 e. The van der Waals surface area contributed by atoms with E-state index in [-0.39, 0.29) is 24.1 Å². The molecular formula is C15H22N2O4. The monoisotopic (exact) mass is 294 g/mol. The molecule has 0 saturated heterocycles. The Morgan fingerprint density at radius 2 is 1.95 bits per heavy atom. The predicted molar refractivity (Wildman–Crippen MR) is 80.3 cm³/mol. The molecule has 0 aliphatic rings. The van der Waals surface area contributed by atoms with Gasteiger partial charge in [-0.1, -0.05) is 39.8 Å². The van der Waals surface area contributed by atoms with Crippen molar-refractivity contribution in [3.63, 3.8) is 0 Å². The van der Waals surface area contributed by atoms with E-state index in [0.29, 0.717) is 11.1 Å². The van der Waals surface area contributed by atoms with Gasteiger partial charge in [-0.3, -0.25) is 14.9 Å². The lowest BCUT2D eigenvalue weighted by Gasteiger charge is -2.18. The fraction of sp³-hybridized carbons (Fsp3) is 0.533. The number of carboxylic acids is 1. The number of nitro groups is 1. The van der Waals surface area contributed by atoms with Gasteiger partial charge in [0.25, 0.3) is 5.69 Å². The van der Waals surface area contributed by atoms with Crippen molar-refractivity contribution in [2.24, 2.45) is 5.92 Å². The maximum Gasteiger partial charge on any atom is 0.320 e. The van der Waals surface area contributed by atoms with Crippen LogP contribution in [0.5, 0.6) is 0 Å². The van der Waals surface area contributed by atoms with Crippen molar-refractivity contribution in [1.82, 2.24) is 5.32 Å². The third-order valence-electron chi connectivity index (χ3n) is 3.37. The van der Waals surface area contributed by atoms with Crippen LogP contribution in [0.1, 0.15) is 44.7 Å². The highest BCUT2D eigenvalue weighted by atomic mass is 16.6. The van der Waals surface area contributed by atoms with Gasteiger partial charge in [0, 0.05) is 18.2 Å². The molecule has 0 bridgehead atoms. The predicted octanol–water partition coefficient (Wildman–Crippen LogP) is 2.92. The first-order valence-corrected chi connectivity index (χ1v) is 6.97. The molecule has 0 fully saturated rings. The second kappa shape index (κ2) is 7.17. The van der Waals surface area contributed by atoms with Gasteiger partial charge in [-0.25, -0.2) is 0 Å². The van der Waals surface area contributed by atoms with Crippen LogP contribution in [0.2, 0.25) is 0 Å². The molecule has 0 aromatic heterocycles. The molecular weight excluding hydrogens is 272 g/mol. The molecule has 0 heterocycles. The number of nitrogens with zero attached hydrogens (tertiary/aromatic N) is 1. The molecule has 1 rings (SSSR count). The molecule has 1 atom stereocenters. The van der Waals surface area contributed by atoms with Crippen LogP contribution in [0.4, 0.5) is 5.69 Å². The van der Waals surface area contributed by atoms with E-state index in [0.717, 1.165) is 0 Å². The van der Waals surface area contributed by atoms with E-state index in [4.69, 9.17) is 5.11 Å². The summed E-state index contributed by atoms with van der Waals surface area (Å²) in [5, 5.41) is 23.2. The van der Waals surface area contributed by atoms with Gasteiger partial charge in [0.15, 0.2) is 0 Å². The second-order valence-electron chi connectivity index (χ2n) is 5.75. The number of carbonyl (C=O) groups is 1. The van der Waals surface area contributed by atoms with Gasteiger partial charge < -0.3 is 10.4 Å². The van der Waals surface area contributed by atoms with Gasteiger partial charge in [0.1, 0.15) is 6.04 Å². The summed E-state index contributed by atoms with van der Waals surface area (Å²) in [6.07, 6.45) is 0. The minimum Gasteiger partial charge on any atom is -0.480 e. The summed E-state index contributed by atoms with van der Waals surface area (Å²) >= 11 is 0. The number of nitrogens with one attached hydrogen (secondary N) is 1. The van der Waals surface area contributed by atoms with Gasteiger partial charge in [-0.15, -0.1) is 0 Å².